The fourth-order valence-corrected chi connectivity index (χ4v) is 4.12. The third-order valence-electron chi connectivity index (χ3n) is 3.46. The van der Waals surface area contributed by atoms with Crippen molar-refractivity contribution >= 4 is 33.2 Å². The molecule has 2 aromatic rings. The van der Waals surface area contributed by atoms with E-state index >= 15 is 0 Å². The van der Waals surface area contributed by atoms with E-state index in [2.05, 4.69) is 5.32 Å². The summed E-state index contributed by atoms with van der Waals surface area (Å²) in [4.78, 5) is 12.2. The lowest BCUT2D eigenvalue weighted by atomic mass is 10.1. The average molecular weight is 399 g/mol. The van der Waals surface area contributed by atoms with Crippen LogP contribution in [0.4, 0.5) is 14.5 Å². The van der Waals surface area contributed by atoms with Gasteiger partial charge in [-0.2, -0.15) is 8.78 Å². The van der Waals surface area contributed by atoms with Gasteiger partial charge in [0.05, 0.1) is 5.75 Å². The Labute approximate surface area is 155 Å². The molecule has 0 aliphatic heterocycles. The van der Waals surface area contributed by atoms with Crippen LogP contribution in [0.1, 0.15) is 12.0 Å². The minimum Gasteiger partial charge on any atom is -0.325 e. The number of halogens is 2. The topological polar surface area (TPSA) is 63.2 Å². The fraction of sp³-hybridized carbons (Fsp3) is 0.278. The quantitative estimate of drug-likeness (QED) is 0.648. The smallest absolute Gasteiger partial charge is 0.288 e. The summed E-state index contributed by atoms with van der Waals surface area (Å²) in [7, 11) is -3.54. The molecule has 0 fully saturated rings. The van der Waals surface area contributed by atoms with Crippen molar-refractivity contribution in [2.24, 2.45) is 0 Å². The number of carbonyl (C=O) groups is 1. The first-order chi connectivity index (χ1) is 12.3. The number of aryl methyl sites for hydroxylation is 1. The predicted octanol–water partition coefficient (Wildman–Crippen LogP) is 3.99. The maximum Gasteiger partial charge on any atom is 0.288 e. The van der Waals surface area contributed by atoms with Crippen molar-refractivity contribution in [3.8, 4) is 0 Å². The SMILES string of the molecule is O=C(CS(=O)(=O)CCCc1ccccc1)Nc1cccc(SC(F)F)c1. The highest BCUT2D eigenvalue weighted by Crippen LogP contribution is 2.27. The highest BCUT2D eigenvalue weighted by atomic mass is 32.2. The molecule has 8 heteroatoms. The number of nitrogens with one attached hydrogen (secondary N) is 1. The molecule has 4 nitrogen and oxygen atoms in total. The van der Waals surface area contributed by atoms with Gasteiger partial charge in [0, 0.05) is 10.6 Å². The Morgan fingerprint density at radius 1 is 1.08 bits per heavy atom. The van der Waals surface area contributed by atoms with Crippen molar-refractivity contribution < 1.29 is 22.0 Å². The summed E-state index contributed by atoms with van der Waals surface area (Å²) >= 11 is 0.359. The van der Waals surface area contributed by atoms with Crippen LogP contribution in [0.15, 0.2) is 59.5 Å². The maximum atomic E-state index is 12.4. The van der Waals surface area contributed by atoms with Gasteiger partial charge in [-0.25, -0.2) is 8.42 Å². The van der Waals surface area contributed by atoms with E-state index in [1.165, 1.54) is 24.3 Å². The number of thioether (sulfide) groups is 1. The Morgan fingerprint density at radius 3 is 2.50 bits per heavy atom. The molecule has 0 unspecified atom stereocenters. The van der Waals surface area contributed by atoms with E-state index in [1.807, 2.05) is 30.3 Å². The molecule has 2 aromatic carbocycles. The van der Waals surface area contributed by atoms with Crippen LogP contribution < -0.4 is 5.32 Å². The second-order valence-corrected chi connectivity index (χ2v) is 8.88. The van der Waals surface area contributed by atoms with Crippen LogP contribution in [0.5, 0.6) is 0 Å². The molecule has 0 heterocycles. The van der Waals surface area contributed by atoms with E-state index in [4.69, 9.17) is 0 Å². The molecule has 0 radical (unpaired) electrons. The average Bonchev–Trinajstić information content (AvgIpc) is 2.54. The van der Waals surface area contributed by atoms with Crippen LogP contribution >= 0.6 is 11.8 Å². The molecule has 26 heavy (non-hydrogen) atoms. The number of benzene rings is 2. The standard InChI is InChI=1S/C18H19F2NO3S2/c19-18(20)25-16-10-4-9-15(12-16)21-17(22)13-26(23,24)11-5-8-14-6-2-1-3-7-14/h1-4,6-7,9-10,12,18H,5,8,11,13H2,(H,21,22). The predicted molar refractivity (Wildman–Crippen MR) is 100 cm³/mol. The minimum absolute atomic E-state index is 0.0867. The molecule has 2 rings (SSSR count). The first-order valence-electron chi connectivity index (χ1n) is 7.93. The third-order valence-corrected chi connectivity index (χ3v) is 5.77. The van der Waals surface area contributed by atoms with Gasteiger partial charge in [-0.05, 0) is 36.6 Å². The number of hydrogen-bond acceptors (Lipinski definition) is 4. The molecule has 0 saturated carbocycles. The maximum absolute atomic E-state index is 12.4. The van der Waals surface area contributed by atoms with Gasteiger partial charge in [-0.1, -0.05) is 48.2 Å². The first kappa shape index (κ1) is 20.4. The summed E-state index contributed by atoms with van der Waals surface area (Å²) in [6.45, 7) is 0. The molecule has 140 valence electrons. The monoisotopic (exact) mass is 399 g/mol. The minimum atomic E-state index is -3.54. The van der Waals surface area contributed by atoms with Crippen molar-refractivity contribution in [1.29, 1.82) is 0 Å². The van der Waals surface area contributed by atoms with E-state index in [1.54, 1.807) is 0 Å². The van der Waals surface area contributed by atoms with Crippen molar-refractivity contribution in [2.75, 3.05) is 16.8 Å². The Bertz CT molecular complexity index is 827. The van der Waals surface area contributed by atoms with Gasteiger partial charge >= 0.3 is 0 Å². The molecular weight excluding hydrogens is 380 g/mol. The highest BCUT2D eigenvalue weighted by Gasteiger charge is 2.17. The molecule has 0 aliphatic rings. The lowest BCUT2D eigenvalue weighted by molar-refractivity contribution is -0.113. The number of anilines is 1. The Morgan fingerprint density at radius 2 is 1.81 bits per heavy atom. The lowest BCUT2D eigenvalue weighted by Crippen LogP contribution is -2.24. The van der Waals surface area contributed by atoms with Gasteiger partial charge in [0.15, 0.2) is 9.84 Å². The summed E-state index contributed by atoms with van der Waals surface area (Å²) in [6.07, 6.45) is 1.05. The van der Waals surface area contributed by atoms with Gasteiger partial charge < -0.3 is 5.32 Å². The van der Waals surface area contributed by atoms with Crippen molar-refractivity contribution in [3.63, 3.8) is 0 Å². The molecular formula is C18H19F2NO3S2. The normalized spacial score (nSPS) is 11.5. The van der Waals surface area contributed by atoms with Crippen molar-refractivity contribution in [2.45, 2.75) is 23.5 Å². The van der Waals surface area contributed by atoms with Gasteiger partial charge in [-0.3, -0.25) is 4.79 Å². The molecule has 0 atom stereocenters. The van der Waals surface area contributed by atoms with E-state index in [9.17, 15) is 22.0 Å². The number of hydrogen-bond donors (Lipinski definition) is 1. The van der Waals surface area contributed by atoms with Crippen LogP contribution in [0.25, 0.3) is 0 Å². The summed E-state index contributed by atoms with van der Waals surface area (Å²) in [5, 5.41) is 2.44. The number of rotatable bonds is 9. The summed E-state index contributed by atoms with van der Waals surface area (Å²) in [5.74, 6) is -3.96. The van der Waals surface area contributed by atoms with Crippen LogP contribution in [-0.4, -0.2) is 31.6 Å². The number of amides is 1. The van der Waals surface area contributed by atoms with Gasteiger partial charge in [0.2, 0.25) is 5.91 Å². The summed E-state index contributed by atoms with van der Waals surface area (Å²) < 4.78 is 48.9. The lowest BCUT2D eigenvalue weighted by Gasteiger charge is -2.08. The zero-order chi connectivity index (χ0) is 19.0. The second-order valence-electron chi connectivity index (χ2n) is 5.64. The second kappa shape index (κ2) is 9.68. The van der Waals surface area contributed by atoms with Crippen molar-refractivity contribution in [3.05, 3.63) is 60.2 Å². The van der Waals surface area contributed by atoms with E-state index in [-0.39, 0.29) is 5.75 Å². The summed E-state index contributed by atoms with van der Waals surface area (Å²) in [5.41, 5.74) is 1.33. The first-order valence-corrected chi connectivity index (χ1v) is 10.6. The van der Waals surface area contributed by atoms with Gasteiger partial charge in [0.1, 0.15) is 5.75 Å². The Balaban J connectivity index is 1.84. The van der Waals surface area contributed by atoms with Crippen LogP contribution in [0.2, 0.25) is 0 Å². The Kier molecular flexibility index (Phi) is 7.59. The largest absolute Gasteiger partial charge is 0.325 e. The number of carbonyl (C=O) groups excluding carboxylic acids is 1. The zero-order valence-corrected chi connectivity index (χ0v) is 15.5. The van der Waals surface area contributed by atoms with E-state index < -0.39 is 27.3 Å². The number of alkyl halides is 2. The third kappa shape index (κ3) is 7.53. The molecule has 0 aliphatic carbocycles. The molecule has 0 spiro atoms. The van der Waals surface area contributed by atoms with E-state index in [0.29, 0.717) is 35.2 Å². The zero-order valence-electron chi connectivity index (χ0n) is 13.9. The number of sulfone groups is 1. The van der Waals surface area contributed by atoms with Crippen LogP contribution in [0.3, 0.4) is 0 Å². The molecule has 1 N–H and O–H groups in total. The highest BCUT2D eigenvalue weighted by molar-refractivity contribution is 7.99. The van der Waals surface area contributed by atoms with Crippen LogP contribution in [-0.2, 0) is 21.1 Å². The fourth-order valence-electron chi connectivity index (χ4n) is 2.36. The molecule has 0 bridgehead atoms. The molecule has 0 aromatic heterocycles. The molecule has 1 amide bonds. The summed E-state index contributed by atoms with van der Waals surface area (Å²) in [6, 6.07) is 15.4. The van der Waals surface area contributed by atoms with Crippen LogP contribution in [0, 0.1) is 0 Å². The Hall–Kier alpha value is -1.93. The van der Waals surface area contributed by atoms with Gasteiger partial charge in [0.25, 0.3) is 5.76 Å². The van der Waals surface area contributed by atoms with E-state index in [0.717, 1.165) is 5.56 Å². The molecule has 0 saturated heterocycles. The van der Waals surface area contributed by atoms with Crippen molar-refractivity contribution in [1.82, 2.24) is 0 Å². The van der Waals surface area contributed by atoms with Gasteiger partial charge in [-0.15, -0.1) is 0 Å².